The summed E-state index contributed by atoms with van der Waals surface area (Å²) in [5, 5.41) is 3.58. The smallest absolute Gasteiger partial charge is 0.241 e. The van der Waals surface area contributed by atoms with Gasteiger partial charge >= 0.3 is 0 Å². The van der Waals surface area contributed by atoms with E-state index in [9.17, 15) is 4.79 Å². The van der Waals surface area contributed by atoms with Crippen molar-refractivity contribution in [2.75, 3.05) is 0 Å². The molecule has 2 fully saturated rings. The molecule has 1 saturated carbocycles. The summed E-state index contributed by atoms with van der Waals surface area (Å²) in [6.07, 6.45) is 8.25. The van der Waals surface area contributed by atoms with E-state index in [1.165, 1.54) is 25.7 Å². The van der Waals surface area contributed by atoms with Crippen LogP contribution in [0.1, 0.15) is 72.6 Å². The Morgan fingerprint density at radius 3 is 2.55 bits per heavy atom. The van der Waals surface area contributed by atoms with Gasteiger partial charge in [-0.25, -0.2) is 0 Å². The van der Waals surface area contributed by atoms with Crippen molar-refractivity contribution < 1.29 is 4.79 Å². The van der Waals surface area contributed by atoms with E-state index in [1.807, 2.05) is 0 Å². The van der Waals surface area contributed by atoms with Crippen LogP contribution in [0.4, 0.5) is 0 Å². The Kier molecular flexibility index (Phi) is 5.48. The highest BCUT2D eigenvalue weighted by Gasteiger charge is 2.42. The second kappa shape index (κ2) is 6.93. The Morgan fingerprint density at radius 2 is 1.95 bits per heavy atom. The van der Waals surface area contributed by atoms with Crippen LogP contribution in [0.5, 0.6) is 0 Å². The molecule has 1 heterocycles. The molecule has 1 aliphatic heterocycles. The fraction of sp³-hybridized carbons (Fsp3) is 0.941. The number of amides is 1. The maximum atomic E-state index is 12.7. The maximum absolute atomic E-state index is 12.7. The van der Waals surface area contributed by atoms with Crippen molar-refractivity contribution in [1.82, 2.24) is 10.2 Å². The summed E-state index contributed by atoms with van der Waals surface area (Å²) in [7, 11) is 0. The van der Waals surface area contributed by atoms with Crippen molar-refractivity contribution in [1.29, 1.82) is 0 Å². The Hall–Kier alpha value is -0.570. The Bertz CT molecular complexity index is 331. The van der Waals surface area contributed by atoms with E-state index < -0.39 is 0 Å². The van der Waals surface area contributed by atoms with Crippen LogP contribution < -0.4 is 5.32 Å². The van der Waals surface area contributed by atoms with Gasteiger partial charge in [-0.3, -0.25) is 10.1 Å². The van der Waals surface area contributed by atoms with Gasteiger partial charge in [0.15, 0.2) is 0 Å². The molecule has 2 rings (SSSR count). The lowest BCUT2D eigenvalue weighted by Crippen LogP contribution is -2.47. The third-order valence-electron chi connectivity index (χ3n) is 5.48. The van der Waals surface area contributed by atoms with Gasteiger partial charge in [-0.15, -0.1) is 0 Å². The maximum Gasteiger partial charge on any atom is 0.241 e. The number of hydrogen-bond donors (Lipinski definition) is 1. The SMILES string of the molecule is CCCCC1NC(CC)N(C2CCC(C)C(C)C2)C1=O. The summed E-state index contributed by atoms with van der Waals surface area (Å²) in [4.78, 5) is 14.9. The minimum Gasteiger partial charge on any atom is -0.323 e. The highest BCUT2D eigenvalue weighted by Crippen LogP contribution is 2.34. The van der Waals surface area contributed by atoms with Gasteiger partial charge in [0.05, 0.1) is 12.2 Å². The summed E-state index contributed by atoms with van der Waals surface area (Å²) < 4.78 is 0. The van der Waals surface area contributed by atoms with Gasteiger partial charge in [0.25, 0.3) is 0 Å². The van der Waals surface area contributed by atoms with Crippen LogP contribution in [0.15, 0.2) is 0 Å². The molecule has 1 aliphatic carbocycles. The van der Waals surface area contributed by atoms with E-state index >= 15 is 0 Å². The quantitative estimate of drug-likeness (QED) is 0.835. The van der Waals surface area contributed by atoms with Crippen molar-refractivity contribution >= 4 is 5.91 Å². The third-order valence-corrected chi connectivity index (χ3v) is 5.48. The van der Waals surface area contributed by atoms with E-state index in [-0.39, 0.29) is 12.2 Å². The van der Waals surface area contributed by atoms with Gasteiger partial charge in [0, 0.05) is 6.04 Å². The molecule has 0 aromatic rings. The first-order valence-corrected chi connectivity index (χ1v) is 8.66. The lowest BCUT2D eigenvalue weighted by Gasteiger charge is -2.39. The van der Waals surface area contributed by atoms with Crippen LogP contribution in [0.25, 0.3) is 0 Å². The fourth-order valence-electron chi connectivity index (χ4n) is 3.85. The van der Waals surface area contributed by atoms with Crippen LogP contribution in [-0.2, 0) is 4.79 Å². The van der Waals surface area contributed by atoms with Crippen LogP contribution in [0.3, 0.4) is 0 Å². The molecular weight excluding hydrogens is 248 g/mol. The standard InChI is InChI=1S/C17H32N2O/c1-5-7-8-15-17(20)19(16(6-2)18-15)14-10-9-12(3)13(4)11-14/h12-16,18H,5-11H2,1-4H3. The molecule has 3 nitrogen and oxygen atoms in total. The predicted octanol–water partition coefficient (Wildman–Crippen LogP) is 3.54. The topological polar surface area (TPSA) is 32.3 Å². The van der Waals surface area contributed by atoms with Crippen LogP contribution in [-0.4, -0.2) is 29.1 Å². The van der Waals surface area contributed by atoms with Gasteiger partial charge in [-0.05, 0) is 43.9 Å². The molecule has 116 valence electrons. The molecule has 0 aromatic heterocycles. The summed E-state index contributed by atoms with van der Waals surface area (Å²) in [5.41, 5.74) is 0. The number of rotatable bonds is 5. The number of carbonyl (C=O) groups is 1. The van der Waals surface area contributed by atoms with Gasteiger partial charge in [-0.1, -0.05) is 40.5 Å². The Labute approximate surface area is 124 Å². The van der Waals surface area contributed by atoms with Crippen LogP contribution in [0, 0.1) is 11.8 Å². The largest absolute Gasteiger partial charge is 0.323 e. The monoisotopic (exact) mass is 280 g/mol. The van der Waals surface area contributed by atoms with Crippen LogP contribution >= 0.6 is 0 Å². The van der Waals surface area contributed by atoms with Crippen molar-refractivity contribution in [3.05, 3.63) is 0 Å². The number of hydrogen-bond acceptors (Lipinski definition) is 2. The molecule has 0 bridgehead atoms. The average molecular weight is 280 g/mol. The minimum atomic E-state index is 0.0783. The van der Waals surface area contributed by atoms with Gasteiger partial charge in [0.2, 0.25) is 5.91 Å². The average Bonchev–Trinajstić information content (AvgIpc) is 2.76. The zero-order valence-corrected chi connectivity index (χ0v) is 13.7. The number of nitrogens with zero attached hydrogens (tertiary/aromatic N) is 1. The first-order chi connectivity index (χ1) is 9.58. The molecule has 0 radical (unpaired) electrons. The highest BCUT2D eigenvalue weighted by molar-refractivity contribution is 5.84. The third kappa shape index (κ3) is 3.19. The zero-order chi connectivity index (χ0) is 14.7. The Morgan fingerprint density at radius 1 is 1.20 bits per heavy atom. The van der Waals surface area contributed by atoms with E-state index in [0.29, 0.717) is 11.9 Å². The molecule has 5 atom stereocenters. The van der Waals surface area contributed by atoms with Gasteiger partial charge in [0.1, 0.15) is 0 Å². The van der Waals surface area contributed by atoms with Crippen molar-refractivity contribution in [3.63, 3.8) is 0 Å². The molecule has 2 aliphatic rings. The molecule has 0 spiro atoms. The minimum absolute atomic E-state index is 0.0783. The molecule has 20 heavy (non-hydrogen) atoms. The predicted molar refractivity (Wildman–Crippen MR) is 83.3 cm³/mol. The summed E-state index contributed by atoms with van der Waals surface area (Å²) in [5.74, 6) is 1.93. The molecule has 1 amide bonds. The molecular formula is C17H32N2O. The molecule has 5 unspecified atom stereocenters. The van der Waals surface area contributed by atoms with Crippen molar-refractivity contribution in [2.24, 2.45) is 11.8 Å². The Balaban J connectivity index is 2.03. The number of carbonyl (C=O) groups excluding carboxylic acids is 1. The number of unbranched alkanes of at least 4 members (excludes halogenated alkanes) is 1. The fourth-order valence-corrected chi connectivity index (χ4v) is 3.85. The van der Waals surface area contributed by atoms with E-state index in [4.69, 9.17) is 0 Å². The normalized spacial score (nSPS) is 38.5. The molecule has 3 heteroatoms. The molecule has 0 aromatic carbocycles. The lowest BCUT2D eigenvalue weighted by molar-refractivity contribution is -0.133. The van der Waals surface area contributed by atoms with E-state index in [2.05, 4.69) is 37.9 Å². The summed E-state index contributed by atoms with van der Waals surface area (Å²) in [6.45, 7) is 9.08. The van der Waals surface area contributed by atoms with Gasteiger partial charge < -0.3 is 4.90 Å². The molecule has 1 N–H and O–H groups in total. The first-order valence-electron chi connectivity index (χ1n) is 8.66. The van der Waals surface area contributed by atoms with E-state index in [1.54, 1.807) is 0 Å². The number of nitrogens with one attached hydrogen (secondary N) is 1. The second-order valence-electron chi connectivity index (χ2n) is 6.95. The lowest BCUT2D eigenvalue weighted by atomic mass is 9.78. The van der Waals surface area contributed by atoms with Gasteiger partial charge in [-0.2, -0.15) is 0 Å². The second-order valence-corrected chi connectivity index (χ2v) is 6.95. The summed E-state index contributed by atoms with van der Waals surface area (Å²) in [6, 6.07) is 0.548. The van der Waals surface area contributed by atoms with Crippen molar-refractivity contribution in [3.8, 4) is 0 Å². The van der Waals surface area contributed by atoms with Crippen LogP contribution in [0.2, 0.25) is 0 Å². The summed E-state index contributed by atoms with van der Waals surface area (Å²) >= 11 is 0. The van der Waals surface area contributed by atoms with E-state index in [0.717, 1.165) is 31.1 Å². The van der Waals surface area contributed by atoms with Crippen molar-refractivity contribution in [2.45, 2.75) is 90.9 Å². The first kappa shape index (κ1) is 15.8. The highest BCUT2D eigenvalue weighted by atomic mass is 16.2. The molecule has 1 saturated heterocycles. The zero-order valence-electron chi connectivity index (χ0n) is 13.7.